The standard InChI is InChI=1S/C20H31BrN4O2.HI/c1-16(17-7-9-18(21)10-8-17)24-12-14-25(15-13-24)20(22-2)23-11-5-4-6-19(26)27-3;/h7-10,16H,4-6,11-15H2,1-3H3,(H,22,23);1H. The van der Waals surface area contributed by atoms with Crippen LogP contribution in [0, 0.1) is 0 Å². The number of ether oxygens (including phenoxy) is 1. The third-order valence-corrected chi connectivity index (χ3v) is 5.57. The lowest BCUT2D eigenvalue weighted by atomic mass is 10.1. The SMILES string of the molecule is CN=C(NCCCCC(=O)OC)N1CCN(C(C)c2ccc(Br)cc2)CC1.I. The summed E-state index contributed by atoms with van der Waals surface area (Å²) in [6.45, 7) is 7.04. The highest BCUT2D eigenvalue weighted by Crippen LogP contribution is 2.23. The Hall–Kier alpha value is -0.870. The molecule has 0 aromatic heterocycles. The van der Waals surface area contributed by atoms with E-state index >= 15 is 0 Å². The Labute approximate surface area is 194 Å². The van der Waals surface area contributed by atoms with Crippen LogP contribution in [0.5, 0.6) is 0 Å². The average Bonchev–Trinajstić information content (AvgIpc) is 2.70. The van der Waals surface area contributed by atoms with E-state index < -0.39 is 0 Å². The molecular formula is C20H32BrIN4O2. The molecule has 0 amide bonds. The number of halogens is 2. The van der Waals surface area contributed by atoms with Crippen LogP contribution in [0.3, 0.4) is 0 Å². The van der Waals surface area contributed by atoms with Crippen molar-refractivity contribution in [3.63, 3.8) is 0 Å². The van der Waals surface area contributed by atoms with Crippen molar-refractivity contribution in [2.75, 3.05) is 46.9 Å². The van der Waals surface area contributed by atoms with E-state index in [1.807, 2.05) is 7.05 Å². The summed E-state index contributed by atoms with van der Waals surface area (Å²) in [6.07, 6.45) is 2.23. The zero-order chi connectivity index (χ0) is 19.6. The number of carbonyl (C=O) groups excluding carboxylic acids is 1. The van der Waals surface area contributed by atoms with Crippen LogP contribution >= 0.6 is 39.9 Å². The summed E-state index contributed by atoms with van der Waals surface area (Å²) in [5, 5.41) is 3.41. The minimum absolute atomic E-state index is 0. The number of nitrogens with zero attached hydrogens (tertiary/aromatic N) is 3. The number of unbranched alkanes of at least 4 members (excludes halogenated alkanes) is 1. The molecule has 1 saturated heterocycles. The first-order chi connectivity index (χ1) is 13.0. The zero-order valence-corrected chi connectivity index (χ0v) is 20.9. The first-order valence-corrected chi connectivity index (χ1v) is 10.4. The smallest absolute Gasteiger partial charge is 0.305 e. The van der Waals surface area contributed by atoms with Gasteiger partial charge in [0.25, 0.3) is 0 Å². The fourth-order valence-corrected chi connectivity index (χ4v) is 3.57. The Bertz CT molecular complexity index is 619. The highest BCUT2D eigenvalue weighted by atomic mass is 127. The van der Waals surface area contributed by atoms with Crippen molar-refractivity contribution in [1.29, 1.82) is 0 Å². The third kappa shape index (κ3) is 7.87. The summed E-state index contributed by atoms with van der Waals surface area (Å²) in [5.41, 5.74) is 1.35. The third-order valence-electron chi connectivity index (χ3n) is 5.04. The number of aliphatic imine (C=N–C) groups is 1. The van der Waals surface area contributed by atoms with Gasteiger partial charge in [-0.1, -0.05) is 28.1 Å². The molecule has 0 radical (unpaired) electrons. The summed E-state index contributed by atoms with van der Waals surface area (Å²) < 4.78 is 5.78. The summed E-state index contributed by atoms with van der Waals surface area (Å²) in [7, 11) is 3.26. The van der Waals surface area contributed by atoms with E-state index in [0.717, 1.165) is 56.0 Å². The first-order valence-electron chi connectivity index (χ1n) is 9.57. The van der Waals surface area contributed by atoms with E-state index in [1.54, 1.807) is 0 Å². The maximum atomic E-state index is 11.1. The van der Waals surface area contributed by atoms with Gasteiger partial charge >= 0.3 is 5.97 Å². The molecule has 1 atom stereocenters. The van der Waals surface area contributed by atoms with Crippen LogP contribution in [0.4, 0.5) is 0 Å². The van der Waals surface area contributed by atoms with Gasteiger partial charge in [-0.3, -0.25) is 14.7 Å². The number of esters is 1. The monoisotopic (exact) mass is 566 g/mol. The van der Waals surface area contributed by atoms with E-state index in [2.05, 4.69) is 72.0 Å². The molecule has 1 fully saturated rings. The Morgan fingerprint density at radius 2 is 1.86 bits per heavy atom. The molecule has 2 rings (SSSR count). The second-order valence-corrected chi connectivity index (χ2v) is 7.67. The largest absolute Gasteiger partial charge is 0.469 e. The van der Waals surface area contributed by atoms with Crippen LogP contribution in [0.15, 0.2) is 33.7 Å². The summed E-state index contributed by atoms with van der Waals surface area (Å²) in [6, 6.07) is 9.00. The quantitative estimate of drug-likeness (QED) is 0.179. The van der Waals surface area contributed by atoms with Gasteiger partial charge in [-0.05, 0) is 37.5 Å². The second kappa shape index (κ2) is 13.4. The zero-order valence-electron chi connectivity index (χ0n) is 17.0. The summed E-state index contributed by atoms with van der Waals surface area (Å²) in [4.78, 5) is 20.4. The maximum Gasteiger partial charge on any atom is 0.305 e. The molecule has 1 unspecified atom stereocenters. The molecule has 8 heteroatoms. The lowest BCUT2D eigenvalue weighted by Gasteiger charge is -2.39. The van der Waals surface area contributed by atoms with Crippen LogP contribution in [0.25, 0.3) is 0 Å². The van der Waals surface area contributed by atoms with E-state index in [-0.39, 0.29) is 29.9 Å². The lowest BCUT2D eigenvalue weighted by molar-refractivity contribution is -0.140. The number of hydrogen-bond acceptors (Lipinski definition) is 4. The molecule has 1 aromatic rings. The van der Waals surface area contributed by atoms with Gasteiger partial charge in [0, 0.05) is 56.7 Å². The minimum atomic E-state index is -0.143. The molecule has 1 aliphatic heterocycles. The number of carbonyl (C=O) groups is 1. The number of benzene rings is 1. The fraction of sp³-hybridized carbons (Fsp3) is 0.600. The van der Waals surface area contributed by atoms with Crippen molar-refractivity contribution < 1.29 is 9.53 Å². The van der Waals surface area contributed by atoms with Gasteiger partial charge in [-0.25, -0.2) is 0 Å². The Morgan fingerprint density at radius 3 is 2.43 bits per heavy atom. The molecular weight excluding hydrogens is 535 g/mol. The van der Waals surface area contributed by atoms with Crippen LogP contribution in [0.1, 0.15) is 37.8 Å². The number of piperazine rings is 1. The Balaban J connectivity index is 0.00000392. The topological polar surface area (TPSA) is 57.2 Å². The van der Waals surface area contributed by atoms with E-state index in [4.69, 9.17) is 0 Å². The van der Waals surface area contributed by atoms with Gasteiger partial charge in [0.1, 0.15) is 0 Å². The molecule has 0 saturated carbocycles. The summed E-state index contributed by atoms with van der Waals surface area (Å²) in [5.74, 6) is 0.805. The maximum absolute atomic E-state index is 11.1. The molecule has 1 aliphatic rings. The van der Waals surface area contributed by atoms with Crippen LogP contribution in [-0.4, -0.2) is 68.6 Å². The van der Waals surface area contributed by atoms with Gasteiger partial charge in [0.05, 0.1) is 7.11 Å². The molecule has 28 heavy (non-hydrogen) atoms. The second-order valence-electron chi connectivity index (χ2n) is 6.76. The minimum Gasteiger partial charge on any atom is -0.469 e. The molecule has 1 heterocycles. The Morgan fingerprint density at radius 1 is 1.21 bits per heavy atom. The van der Waals surface area contributed by atoms with E-state index in [0.29, 0.717) is 12.5 Å². The molecule has 0 aliphatic carbocycles. The average molecular weight is 567 g/mol. The normalized spacial score (nSPS) is 16.3. The molecule has 0 bridgehead atoms. The van der Waals surface area contributed by atoms with Gasteiger partial charge in [-0.2, -0.15) is 0 Å². The fourth-order valence-electron chi connectivity index (χ4n) is 3.30. The van der Waals surface area contributed by atoms with Crippen LogP contribution in [-0.2, 0) is 9.53 Å². The van der Waals surface area contributed by atoms with E-state index in [1.165, 1.54) is 12.7 Å². The highest BCUT2D eigenvalue weighted by Gasteiger charge is 2.23. The Kier molecular flexibility index (Phi) is 12.0. The van der Waals surface area contributed by atoms with E-state index in [9.17, 15) is 4.79 Å². The number of nitrogens with one attached hydrogen (secondary N) is 1. The number of rotatable bonds is 7. The predicted octanol–water partition coefficient (Wildman–Crippen LogP) is 3.66. The lowest BCUT2D eigenvalue weighted by Crippen LogP contribution is -2.52. The van der Waals surface area contributed by atoms with Crippen molar-refractivity contribution in [3.05, 3.63) is 34.3 Å². The number of hydrogen-bond donors (Lipinski definition) is 1. The molecule has 158 valence electrons. The molecule has 1 aromatic carbocycles. The number of guanidine groups is 1. The van der Waals surface area contributed by atoms with Crippen molar-refractivity contribution in [3.8, 4) is 0 Å². The molecule has 1 N–H and O–H groups in total. The molecule has 6 nitrogen and oxygen atoms in total. The van der Waals surface area contributed by atoms with Crippen molar-refractivity contribution in [2.24, 2.45) is 4.99 Å². The summed E-state index contributed by atoms with van der Waals surface area (Å²) >= 11 is 3.50. The van der Waals surface area contributed by atoms with Crippen LogP contribution < -0.4 is 5.32 Å². The van der Waals surface area contributed by atoms with Crippen LogP contribution in [0.2, 0.25) is 0 Å². The van der Waals surface area contributed by atoms with Crippen molar-refractivity contribution in [1.82, 2.24) is 15.1 Å². The highest BCUT2D eigenvalue weighted by molar-refractivity contribution is 14.0. The van der Waals surface area contributed by atoms with Gasteiger partial charge < -0.3 is 15.0 Å². The van der Waals surface area contributed by atoms with Crippen molar-refractivity contribution >= 4 is 51.8 Å². The molecule has 0 spiro atoms. The van der Waals surface area contributed by atoms with Gasteiger partial charge in [0.15, 0.2) is 5.96 Å². The van der Waals surface area contributed by atoms with Gasteiger partial charge in [0.2, 0.25) is 0 Å². The predicted molar refractivity (Wildman–Crippen MR) is 128 cm³/mol. The van der Waals surface area contributed by atoms with Crippen molar-refractivity contribution in [2.45, 2.75) is 32.2 Å². The number of methoxy groups -OCH3 is 1. The van der Waals surface area contributed by atoms with Gasteiger partial charge in [-0.15, -0.1) is 24.0 Å². The first kappa shape index (κ1) is 25.2.